The Kier molecular flexibility index (Phi) is 73.2. The molecule has 0 aromatic carbocycles. The van der Waals surface area contributed by atoms with Gasteiger partial charge in [-0.2, -0.15) is 0 Å². The summed E-state index contributed by atoms with van der Waals surface area (Å²) in [5.41, 5.74) is 0. The molecule has 0 aromatic rings. The molecule has 8 aliphatic heterocycles. The molecule has 16 atom stereocenters. The molecule has 0 amide bonds. The van der Waals surface area contributed by atoms with Gasteiger partial charge < -0.3 is 88.5 Å². The van der Waals surface area contributed by atoms with Gasteiger partial charge in [-0.25, -0.2) is 0 Å². The summed E-state index contributed by atoms with van der Waals surface area (Å²) < 4.78 is 122. The highest BCUT2D eigenvalue weighted by Gasteiger charge is 2.46. The molecular formula is C77H190O20Si12. The van der Waals surface area contributed by atoms with Gasteiger partial charge in [0.1, 0.15) is 25.4 Å². The van der Waals surface area contributed by atoms with Crippen LogP contribution < -0.4 is 0 Å². The minimum atomic E-state index is -2.25. The van der Waals surface area contributed by atoms with Crippen LogP contribution in [0.4, 0.5) is 0 Å². The second-order valence-electron chi connectivity index (χ2n) is 30.7. The number of hydrogen-bond acceptors (Lipinski definition) is 20. The molecule has 0 radical (unpaired) electrons. The first kappa shape index (κ1) is 122. The van der Waals surface area contributed by atoms with E-state index in [0.717, 1.165) is 154 Å². The number of ether oxygens (including phenoxy) is 8. The van der Waals surface area contributed by atoms with Gasteiger partial charge in [-0.1, -0.05) is 200 Å². The van der Waals surface area contributed by atoms with Gasteiger partial charge in [-0.3, -0.25) is 0 Å². The summed E-state index contributed by atoms with van der Waals surface area (Å²) >= 11 is 0. The molecule has 8 rings (SSSR count). The minimum absolute atomic E-state index is 0. The summed E-state index contributed by atoms with van der Waals surface area (Å²) in [5.74, 6) is 0. The molecule has 8 aliphatic rings. The van der Waals surface area contributed by atoms with Crippen molar-refractivity contribution in [1.29, 1.82) is 0 Å². The number of epoxide rings is 4. The molecule has 32 heteroatoms. The minimum Gasteiger partial charge on any atom is -0.438 e. The van der Waals surface area contributed by atoms with Gasteiger partial charge in [-0.05, 0) is 176 Å². The van der Waals surface area contributed by atoms with Crippen LogP contribution in [-0.2, 0) is 88.5 Å². The van der Waals surface area contributed by atoms with E-state index in [0.29, 0.717) is 25.4 Å². The molecular weight excluding hydrogens is 1580 g/mol. The highest BCUT2D eigenvalue weighted by Crippen LogP contribution is 2.35. The van der Waals surface area contributed by atoms with Crippen molar-refractivity contribution in [1.82, 2.24) is 0 Å². The second kappa shape index (κ2) is 65.6. The maximum atomic E-state index is 6.96. The lowest BCUT2D eigenvalue weighted by Crippen LogP contribution is -2.52. The molecule has 109 heavy (non-hydrogen) atoms. The molecule has 20 nitrogen and oxygen atoms in total. The van der Waals surface area contributed by atoms with Crippen molar-refractivity contribution in [2.24, 2.45) is 0 Å². The van der Waals surface area contributed by atoms with Crippen molar-refractivity contribution in [2.75, 3.05) is 92.5 Å². The Morgan fingerprint density at radius 3 is 1.00 bits per heavy atom. The van der Waals surface area contributed by atoms with Gasteiger partial charge in [0.15, 0.2) is 45.8 Å². The zero-order valence-corrected chi connectivity index (χ0v) is 78.6. The largest absolute Gasteiger partial charge is 0.438 e. The summed E-state index contributed by atoms with van der Waals surface area (Å²) in [7, 11) is -21.8. The second-order valence-corrected chi connectivity index (χ2v) is 71.6. The van der Waals surface area contributed by atoms with Crippen LogP contribution in [-0.4, -0.2) is 222 Å². The Bertz CT molecular complexity index is 2020. The third-order valence-electron chi connectivity index (χ3n) is 20.4. The SMILES string of the molecule is C.C.C.C.C.C.C.C.C.C.CCCC[Si]1(C)CCCCO[Si](C)(CCCOCC2CO2)O[SiH](C)O1.CCCC[Si]1(C)CCCCO[Si](C)(CCCOCC2CO2)O[SiH](C)O1.CCCC[Si]1(C)CCCCO[Si](C)(CCOC2CO2)O[SiH](C)O1.CCCC[Si]1(CC)CCCCO[Si](CC)(CCOC2CO2)O[SiH](CC)O1. The van der Waals surface area contributed by atoms with Crippen LogP contribution in [0.3, 0.4) is 0 Å². The molecule has 8 heterocycles. The standard InChI is InChI=1S/C18H40O5Si3.2C17H38O5Si3.C15H34O5Si3.10CH4/c1-5-9-14-25(7-3)15-11-10-12-21-26(8-4,23-24(6-2)22-25)16-13-19-18-17-20-18;2*1-5-6-12-24(3)13-8-7-11-20-25(4,22-23(2)21-24)14-9-10-18-15-17-16-19-17;1-5-6-11-22(3)12-8-7-9-18-23(4,20-21(2)19-22)13-10-16-15-14-17-15;;;;;;;;;;/h18,24H,5-17H2,1-4H3;2*17,23H,5-16H2,1-4H3;15,21H,5-14H2,1-4H3;10*1H4. The fraction of sp³-hybridized carbons (Fsp3) is 1.00. The topological polar surface area (TPSA) is 198 Å². The third-order valence-corrected chi connectivity index (χ3v) is 68.8. The first-order chi connectivity index (χ1) is 47.4. The van der Waals surface area contributed by atoms with Gasteiger partial charge in [-0.15, -0.1) is 0 Å². The van der Waals surface area contributed by atoms with Crippen LogP contribution >= 0.6 is 0 Å². The molecule has 0 N–H and O–H groups in total. The Morgan fingerprint density at radius 2 is 0.670 bits per heavy atom. The normalized spacial score (nSPS) is 33.8. The monoisotopic (exact) mass is 1770 g/mol. The van der Waals surface area contributed by atoms with Crippen LogP contribution in [0.15, 0.2) is 0 Å². The lowest BCUT2D eigenvalue weighted by atomic mass is 10.4. The number of rotatable bonds is 35. The summed E-state index contributed by atoms with van der Waals surface area (Å²) in [5, 5.41) is 0. The Balaban J connectivity index is -0.000000315. The molecule has 0 bridgehead atoms. The summed E-state index contributed by atoms with van der Waals surface area (Å²) in [4.78, 5) is 0. The molecule has 666 valence electrons. The van der Waals surface area contributed by atoms with E-state index in [1.165, 1.54) is 131 Å². The van der Waals surface area contributed by atoms with E-state index in [4.69, 9.17) is 88.5 Å². The van der Waals surface area contributed by atoms with Crippen molar-refractivity contribution in [3.05, 3.63) is 0 Å². The van der Waals surface area contributed by atoms with Gasteiger partial charge in [0, 0.05) is 51.7 Å². The maximum Gasteiger partial charge on any atom is 0.331 e. The van der Waals surface area contributed by atoms with E-state index >= 15 is 0 Å². The van der Waals surface area contributed by atoms with Gasteiger partial charge in [0.2, 0.25) is 0 Å². The molecule has 0 saturated carbocycles. The van der Waals surface area contributed by atoms with Crippen molar-refractivity contribution in [3.63, 3.8) is 0 Å². The van der Waals surface area contributed by atoms with Gasteiger partial charge >= 0.3 is 43.5 Å². The lowest BCUT2D eigenvalue weighted by Gasteiger charge is -2.40. The van der Waals surface area contributed by atoms with E-state index in [-0.39, 0.29) is 86.8 Å². The van der Waals surface area contributed by atoms with E-state index in [2.05, 4.69) is 107 Å². The zero-order chi connectivity index (χ0) is 72.0. The van der Waals surface area contributed by atoms with Gasteiger partial charge in [0.05, 0.1) is 39.6 Å². The Morgan fingerprint density at radius 1 is 0.330 bits per heavy atom. The average Bonchev–Trinajstić information content (AvgIpc) is 1.67. The number of unbranched alkanes of at least 4 members (excludes halogenated alkanes) is 4. The fourth-order valence-electron chi connectivity index (χ4n) is 13.8. The van der Waals surface area contributed by atoms with Crippen molar-refractivity contribution >= 4 is 105 Å². The Labute approximate surface area is 693 Å². The quantitative estimate of drug-likeness (QED) is 0.0329. The fourth-order valence-corrected chi connectivity index (χ4v) is 63.7. The zero-order valence-electron chi connectivity index (χ0n) is 66.0. The van der Waals surface area contributed by atoms with E-state index in [1.54, 1.807) is 0 Å². The molecule has 0 aliphatic carbocycles. The van der Waals surface area contributed by atoms with Gasteiger partial charge in [0.25, 0.3) is 27.9 Å². The van der Waals surface area contributed by atoms with Crippen molar-refractivity contribution in [2.45, 2.75) is 413 Å². The first-order valence-corrected chi connectivity index (χ1v) is 69.1. The summed E-state index contributed by atoms with van der Waals surface area (Å²) in [6.07, 6.45) is 22.4. The van der Waals surface area contributed by atoms with Crippen LogP contribution in [0.25, 0.3) is 0 Å². The third kappa shape index (κ3) is 53.9. The molecule has 0 spiro atoms. The number of hydrogen-bond donors (Lipinski definition) is 0. The molecule has 16 unspecified atom stereocenters. The summed E-state index contributed by atoms with van der Waals surface area (Å²) in [6, 6.07) is 17.1. The van der Waals surface area contributed by atoms with Crippen LogP contribution in [0.1, 0.15) is 238 Å². The highest BCUT2D eigenvalue weighted by atomic mass is 28.5. The maximum absolute atomic E-state index is 6.96. The van der Waals surface area contributed by atoms with E-state index in [1.807, 2.05) is 0 Å². The van der Waals surface area contributed by atoms with E-state index in [9.17, 15) is 0 Å². The highest BCUT2D eigenvalue weighted by molar-refractivity contribution is 6.84. The van der Waals surface area contributed by atoms with Crippen LogP contribution in [0.5, 0.6) is 0 Å². The predicted octanol–water partition coefficient (Wildman–Crippen LogP) is 22.4. The van der Waals surface area contributed by atoms with Crippen molar-refractivity contribution < 1.29 is 88.5 Å². The smallest absolute Gasteiger partial charge is 0.331 e. The average molecular weight is 1770 g/mol. The van der Waals surface area contributed by atoms with Crippen molar-refractivity contribution in [3.8, 4) is 0 Å². The van der Waals surface area contributed by atoms with Crippen LogP contribution in [0, 0.1) is 0 Å². The molecule has 0 aromatic heterocycles. The van der Waals surface area contributed by atoms with Crippen LogP contribution in [0.2, 0.25) is 150 Å². The predicted molar refractivity (Wildman–Crippen MR) is 495 cm³/mol. The molecule has 8 fully saturated rings. The molecule has 8 saturated heterocycles. The Hall–Kier alpha value is 1.80. The lowest BCUT2D eigenvalue weighted by molar-refractivity contribution is 0.0542. The summed E-state index contributed by atoms with van der Waals surface area (Å²) in [6.45, 7) is 47.2. The first-order valence-electron chi connectivity index (χ1n) is 40.3. The van der Waals surface area contributed by atoms with E-state index < -0.39 is 105 Å².